The molecule has 22 heteroatoms. The van der Waals surface area contributed by atoms with Crippen molar-refractivity contribution in [3.63, 3.8) is 0 Å². The Balaban J connectivity index is 0.000000995. The number of unbranched alkanes of at least 4 members (excludes halogenated alkanes) is 1. The van der Waals surface area contributed by atoms with Crippen LogP contribution in [0.2, 0.25) is 0 Å². The zero-order chi connectivity index (χ0) is 55.4. The normalized spacial score (nSPS) is 10.4. The van der Waals surface area contributed by atoms with Gasteiger partial charge in [0.15, 0.2) is 0 Å². The van der Waals surface area contributed by atoms with E-state index in [4.69, 9.17) is 49.9 Å². The summed E-state index contributed by atoms with van der Waals surface area (Å²) in [5, 5.41) is 14.9. The first-order valence-corrected chi connectivity index (χ1v) is 24.5. The van der Waals surface area contributed by atoms with Gasteiger partial charge in [0.1, 0.15) is 17.5 Å². The Morgan fingerprint density at radius 2 is 0.753 bits per heavy atom. The second-order valence-electron chi connectivity index (χ2n) is 17.7. The van der Waals surface area contributed by atoms with Gasteiger partial charge >= 0.3 is 12.2 Å². The zero-order valence-electron chi connectivity index (χ0n) is 43.0. The number of rotatable bonds is 23. The molecule has 0 unspecified atom stereocenters. The van der Waals surface area contributed by atoms with Crippen LogP contribution < -0.4 is 49.1 Å². The third kappa shape index (κ3) is 33.0. The lowest BCUT2D eigenvalue weighted by atomic mass is 10.1. The van der Waals surface area contributed by atoms with Gasteiger partial charge in [0.2, 0.25) is 0 Å². The molecule has 0 heterocycles. The smallest absolute Gasteiger partial charge is 0.407 e. The summed E-state index contributed by atoms with van der Waals surface area (Å²) in [7, 11) is 0. The summed E-state index contributed by atoms with van der Waals surface area (Å²) in [6.45, 7) is 17.6. The minimum atomic E-state index is -0.743. The molecule has 0 saturated carbocycles. The molecule has 0 saturated heterocycles. The van der Waals surface area contributed by atoms with Crippen molar-refractivity contribution in [3.05, 3.63) is 106 Å². The van der Waals surface area contributed by atoms with Gasteiger partial charge in [-0.3, -0.25) is 33.6 Å². The SMILES string of the molecule is CC(C)(C)OC(=O)NCCCN.CCCCNC(=O)c1cccc(C(=O)NCCCNC(=O)OC(C)(C)C)c1.NCCCNC(=O)c1cccc(C(=O)NCCCN)c1.O=Cc1cc(C(=O)Cl)cc(C(=O)Cl)c1. The number of benzene rings is 3. The predicted octanol–water partition coefficient (Wildman–Crippen LogP) is 5.82. The minimum Gasteiger partial charge on any atom is -0.444 e. The van der Waals surface area contributed by atoms with E-state index < -0.39 is 27.8 Å². The van der Waals surface area contributed by atoms with Gasteiger partial charge in [-0.2, -0.15) is 0 Å². The van der Waals surface area contributed by atoms with Crippen molar-refractivity contribution < 1.29 is 52.6 Å². The Hall–Kier alpha value is -6.45. The number of hydrogen-bond donors (Lipinski definition) is 9. The number of carbonyl (C=O) groups excluding carboxylic acids is 9. The molecular weight excluding hydrogens is 986 g/mol. The number of hydrogen-bond acceptors (Lipinski definition) is 14. The molecule has 0 fully saturated rings. The molecule has 0 aliphatic carbocycles. The Morgan fingerprint density at radius 1 is 0.466 bits per heavy atom. The fraction of sp³-hybridized carbons (Fsp3) is 0.471. The molecule has 0 bridgehead atoms. The average molecular weight is 1060 g/mol. The van der Waals surface area contributed by atoms with E-state index in [0.29, 0.717) is 93.9 Å². The number of amides is 6. The molecule has 0 atom stereocenters. The van der Waals surface area contributed by atoms with E-state index >= 15 is 0 Å². The third-order valence-corrected chi connectivity index (χ3v) is 9.26. The molecule has 0 aliphatic rings. The summed E-state index contributed by atoms with van der Waals surface area (Å²) in [6, 6.07) is 17.0. The number of alkyl carbamates (subject to hydrolysis) is 2. The number of carbonyl (C=O) groups is 9. The minimum absolute atomic E-state index is 0.0697. The Bertz CT molecular complexity index is 2160. The van der Waals surface area contributed by atoms with Crippen LogP contribution in [-0.2, 0) is 9.47 Å². The molecule has 3 aromatic carbocycles. The van der Waals surface area contributed by atoms with Crippen molar-refractivity contribution in [1.82, 2.24) is 31.9 Å². The van der Waals surface area contributed by atoms with Crippen LogP contribution in [0.5, 0.6) is 0 Å². The summed E-state index contributed by atoms with van der Waals surface area (Å²) in [5.41, 5.74) is 17.2. The highest BCUT2D eigenvalue weighted by molar-refractivity contribution is 6.69. The number of nitrogens with two attached hydrogens (primary N) is 3. The molecule has 12 N–H and O–H groups in total. The highest BCUT2D eigenvalue weighted by Crippen LogP contribution is 2.14. The van der Waals surface area contributed by atoms with Crippen LogP contribution in [0.25, 0.3) is 0 Å². The Labute approximate surface area is 438 Å². The summed E-state index contributed by atoms with van der Waals surface area (Å²) in [6.07, 6.45) is 4.38. The molecule has 6 amide bonds. The maximum atomic E-state index is 12.2. The van der Waals surface area contributed by atoms with Crippen molar-refractivity contribution in [1.29, 1.82) is 0 Å². The first kappa shape index (κ1) is 66.6. The van der Waals surface area contributed by atoms with Gasteiger partial charge in [-0.25, -0.2) is 9.59 Å². The fourth-order valence-corrected chi connectivity index (χ4v) is 5.56. The van der Waals surface area contributed by atoms with E-state index in [1.807, 2.05) is 20.8 Å². The largest absolute Gasteiger partial charge is 0.444 e. The first-order valence-electron chi connectivity index (χ1n) is 23.8. The molecular formula is C51H75Cl2N9O11. The highest BCUT2D eigenvalue weighted by atomic mass is 35.5. The van der Waals surface area contributed by atoms with E-state index in [2.05, 4.69) is 38.8 Å². The maximum Gasteiger partial charge on any atom is 0.407 e. The lowest BCUT2D eigenvalue weighted by Crippen LogP contribution is -2.34. The second-order valence-corrected chi connectivity index (χ2v) is 18.4. The number of ether oxygens (including phenoxy) is 2. The molecule has 3 rings (SSSR count). The van der Waals surface area contributed by atoms with Crippen molar-refractivity contribution in [2.45, 2.75) is 98.2 Å². The van der Waals surface area contributed by atoms with Gasteiger partial charge in [0, 0.05) is 78.2 Å². The summed E-state index contributed by atoms with van der Waals surface area (Å²) >= 11 is 10.4. The number of aldehydes is 1. The zero-order valence-corrected chi connectivity index (χ0v) is 44.5. The van der Waals surface area contributed by atoms with Crippen molar-refractivity contribution in [3.8, 4) is 0 Å². The van der Waals surface area contributed by atoms with E-state index in [0.717, 1.165) is 32.1 Å². The summed E-state index contributed by atoms with van der Waals surface area (Å²) in [4.78, 5) is 102. The Kier molecular flexibility index (Phi) is 34.0. The second kappa shape index (κ2) is 37.3. The fourth-order valence-electron chi connectivity index (χ4n) is 5.35. The quantitative estimate of drug-likeness (QED) is 0.0307. The van der Waals surface area contributed by atoms with Crippen molar-refractivity contribution in [2.75, 3.05) is 58.9 Å². The van der Waals surface area contributed by atoms with Gasteiger partial charge in [-0.1, -0.05) is 25.5 Å². The van der Waals surface area contributed by atoms with Crippen molar-refractivity contribution in [2.24, 2.45) is 17.2 Å². The lowest BCUT2D eigenvalue weighted by Gasteiger charge is -2.19. The first-order chi connectivity index (χ1) is 34.4. The predicted molar refractivity (Wildman–Crippen MR) is 283 cm³/mol. The van der Waals surface area contributed by atoms with Crippen LogP contribution in [0.3, 0.4) is 0 Å². The third-order valence-electron chi connectivity index (χ3n) is 8.82. The summed E-state index contributed by atoms with van der Waals surface area (Å²) < 4.78 is 10.1. The van der Waals surface area contributed by atoms with Gasteiger partial charge < -0.3 is 58.6 Å². The van der Waals surface area contributed by atoms with Crippen LogP contribution in [-0.4, -0.2) is 123 Å². The molecule has 404 valence electrons. The highest BCUT2D eigenvalue weighted by Gasteiger charge is 2.17. The Morgan fingerprint density at radius 3 is 1.04 bits per heavy atom. The van der Waals surface area contributed by atoms with E-state index in [-0.39, 0.29) is 46.4 Å². The number of halogens is 2. The van der Waals surface area contributed by atoms with Crippen LogP contribution in [0.4, 0.5) is 9.59 Å². The van der Waals surface area contributed by atoms with Crippen LogP contribution >= 0.6 is 23.2 Å². The number of nitrogens with one attached hydrogen (secondary N) is 6. The molecule has 0 radical (unpaired) electrons. The van der Waals surface area contributed by atoms with Gasteiger partial charge in [0.05, 0.1) is 0 Å². The molecule has 0 aromatic heterocycles. The average Bonchev–Trinajstić information content (AvgIpc) is 3.33. The lowest BCUT2D eigenvalue weighted by molar-refractivity contribution is 0.0516. The van der Waals surface area contributed by atoms with Gasteiger partial charge in [-0.15, -0.1) is 0 Å². The molecule has 20 nitrogen and oxygen atoms in total. The van der Waals surface area contributed by atoms with E-state index in [1.165, 1.54) is 18.2 Å². The molecule has 73 heavy (non-hydrogen) atoms. The van der Waals surface area contributed by atoms with Crippen molar-refractivity contribution >= 4 is 75.8 Å². The molecule has 3 aromatic rings. The van der Waals surface area contributed by atoms with Crippen LogP contribution in [0.15, 0.2) is 66.7 Å². The van der Waals surface area contributed by atoms with Crippen LogP contribution in [0, 0.1) is 0 Å². The summed E-state index contributed by atoms with van der Waals surface area (Å²) in [5.74, 6) is -0.833. The van der Waals surface area contributed by atoms with Gasteiger partial charge in [0.25, 0.3) is 34.1 Å². The molecule has 0 aliphatic heterocycles. The molecule has 0 spiro atoms. The van der Waals surface area contributed by atoms with Gasteiger partial charge in [-0.05, 0) is 171 Å². The van der Waals surface area contributed by atoms with E-state index in [9.17, 15) is 43.2 Å². The topological polar surface area (TPSA) is 322 Å². The monoisotopic (exact) mass is 1060 g/mol. The van der Waals surface area contributed by atoms with Crippen LogP contribution in [0.1, 0.15) is 159 Å². The van der Waals surface area contributed by atoms with E-state index in [1.54, 1.807) is 69.3 Å². The standard InChI is InChI=1S/C20H31N3O4.C14H22N4O2.C9H4Cl2O3.C8H18N2O2/c1-5-6-11-21-17(24)15-9-7-10-16(14-15)18(25)22-12-8-13-23-19(26)27-20(2,3)4;15-6-2-8-17-13(19)11-4-1-5-12(10-11)14(20)18-9-3-7-16;10-8(13)6-1-5(4-12)2-7(3-6)9(11)14;1-8(2,3)12-7(11)10-6-4-5-9/h7,9-10,14H,5-6,8,11-13H2,1-4H3,(H,21,24)(H,22,25)(H,23,26);1,4-5,10H,2-3,6-9,15-16H2,(H,17,19)(H,18,20);1-4H;4-6,9H2,1-3H3,(H,10,11). The maximum absolute atomic E-state index is 12.2.